The van der Waals surface area contributed by atoms with Gasteiger partial charge in [0.2, 0.25) is 0 Å². The molecule has 0 atom stereocenters. The Morgan fingerprint density at radius 3 is 2.65 bits per heavy atom. The number of hydrogen-bond acceptors (Lipinski definition) is 4. The molecule has 0 aliphatic rings. The summed E-state index contributed by atoms with van der Waals surface area (Å²) >= 11 is 0. The molecule has 2 heterocycles. The van der Waals surface area contributed by atoms with Gasteiger partial charge < -0.3 is 9.73 Å². The van der Waals surface area contributed by atoms with Crippen molar-refractivity contribution in [1.82, 2.24) is 14.8 Å². The van der Waals surface area contributed by atoms with Gasteiger partial charge in [0.05, 0.1) is 13.1 Å². The number of nitrogens with zero attached hydrogens (tertiary/aromatic N) is 3. The molecule has 1 N–H and O–H groups in total. The average Bonchev–Trinajstić information content (AvgIpc) is 3.12. The van der Waals surface area contributed by atoms with E-state index in [2.05, 4.69) is 46.6 Å². The Morgan fingerprint density at radius 2 is 1.96 bits per heavy atom. The third-order valence-electron chi connectivity index (χ3n) is 3.75. The molecule has 0 radical (unpaired) electrons. The van der Waals surface area contributed by atoms with Gasteiger partial charge in [0.25, 0.3) is 0 Å². The summed E-state index contributed by atoms with van der Waals surface area (Å²) in [4.78, 5) is 4.34. The molecule has 2 aromatic heterocycles. The molecule has 3 rings (SSSR count). The molecule has 0 fully saturated rings. The topological polar surface area (TPSA) is 55.9 Å². The second-order valence-electron chi connectivity index (χ2n) is 5.64. The number of anilines is 1. The molecule has 5 heteroatoms. The minimum atomic E-state index is 0.685. The highest BCUT2D eigenvalue weighted by Crippen LogP contribution is 2.15. The van der Waals surface area contributed by atoms with Crippen molar-refractivity contribution in [3.63, 3.8) is 0 Å². The van der Waals surface area contributed by atoms with Crippen LogP contribution in [0.25, 0.3) is 0 Å². The molecular weight excluding hydrogens is 288 g/mol. The van der Waals surface area contributed by atoms with Crippen LogP contribution in [0.5, 0.6) is 0 Å². The molecule has 0 saturated carbocycles. The Labute approximate surface area is 136 Å². The Kier molecular flexibility index (Phi) is 4.46. The third kappa shape index (κ3) is 3.80. The molecule has 0 amide bonds. The zero-order valence-corrected chi connectivity index (χ0v) is 13.8. The largest absolute Gasteiger partial charge is 0.464 e. The maximum absolute atomic E-state index is 5.71. The zero-order chi connectivity index (χ0) is 16.2. The van der Waals surface area contributed by atoms with E-state index in [4.69, 9.17) is 4.42 Å². The number of hydrogen-bond donors (Lipinski definition) is 1. The Morgan fingerprint density at radius 1 is 1.13 bits per heavy atom. The highest BCUT2D eigenvalue weighted by atomic mass is 16.3. The first-order valence-corrected chi connectivity index (χ1v) is 7.92. The lowest BCUT2D eigenvalue weighted by atomic mass is 10.2. The van der Waals surface area contributed by atoms with Gasteiger partial charge in [-0.15, -0.1) is 0 Å². The second kappa shape index (κ2) is 6.69. The van der Waals surface area contributed by atoms with Crippen LogP contribution < -0.4 is 5.32 Å². The van der Waals surface area contributed by atoms with E-state index in [1.807, 2.05) is 30.7 Å². The van der Waals surface area contributed by atoms with Crippen molar-refractivity contribution < 1.29 is 4.42 Å². The molecule has 0 aliphatic carbocycles. The molecule has 0 unspecified atom stereocenters. The second-order valence-corrected chi connectivity index (χ2v) is 5.64. The summed E-state index contributed by atoms with van der Waals surface area (Å²) in [5.74, 6) is 3.72. The number of nitrogens with one attached hydrogen (secondary N) is 1. The molecule has 5 nitrogen and oxygen atoms in total. The predicted octanol–water partition coefficient (Wildman–Crippen LogP) is 3.71. The first kappa shape index (κ1) is 15.3. The van der Waals surface area contributed by atoms with Crippen LogP contribution in [0.2, 0.25) is 0 Å². The van der Waals surface area contributed by atoms with Crippen molar-refractivity contribution in [1.29, 1.82) is 0 Å². The van der Waals surface area contributed by atoms with Gasteiger partial charge in [-0.2, -0.15) is 5.10 Å². The number of benzene rings is 1. The third-order valence-corrected chi connectivity index (χ3v) is 3.75. The monoisotopic (exact) mass is 310 g/mol. The first-order chi connectivity index (χ1) is 11.1. The van der Waals surface area contributed by atoms with Crippen molar-refractivity contribution in [2.75, 3.05) is 5.32 Å². The fourth-order valence-corrected chi connectivity index (χ4v) is 2.56. The van der Waals surface area contributed by atoms with Crippen LogP contribution in [0.15, 0.2) is 40.8 Å². The Hall–Kier alpha value is -2.56. The zero-order valence-electron chi connectivity index (χ0n) is 13.8. The van der Waals surface area contributed by atoms with Crippen LogP contribution in [-0.2, 0) is 19.5 Å². The van der Waals surface area contributed by atoms with E-state index in [-0.39, 0.29) is 0 Å². The number of rotatable bonds is 6. The standard InChI is InChI=1S/C18H22N4O/c1-4-17-8-9-18(23-17)11-19-16-7-5-6-15(10-16)12-22-14(3)20-13(2)21-22/h5-10,19H,4,11-12H2,1-3H3. The Balaban J connectivity index is 1.66. The van der Waals surface area contributed by atoms with E-state index in [1.54, 1.807) is 0 Å². The fourth-order valence-electron chi connectivity index (χ4n) is 2.56. The predicted molar refractivity (Wildman–Crippen MR) is 90.5 cm³/mol. The van der Waals surface area contributed by atoms with Gasteiger partial charge in [-0.25, -0.2) is 9.67 Å². The number of furan rings is 1. The van der Waals surface area contributed by atoms with Crippen molar-refractivity contribution >= 4 is 5.69 Å². The van der Waals surface area contributed by atoms with Crippen LogP contribution in [0.4, 0.5) is 5.69 Å². The molecule has 0 aliphatic heterocycles. The van der Waals surface area contributed by atoms with Gasteiger partial charge in [0, 0.05) is 12.1 Å². The minimum absolute atomic E-state index is 0.685. The smallest absolute Gasteiger partial charge is 0.147 e. The lowest BCUT2D eigenvalue weighted by Crippen LogP contribution is -2.05. The van der Waals surface area contributed by atoms with E-state index in [9.17, 15) is 0 Å². The van der Waals surface area contributed by atoms with Crippen LogP contribution in [0, 0.1) is 13.8 Å². The maximum atomic E-state index is 5.71. The van der Waals surface area contributed by atoms with Crippen molar-refractivity contribution in [2.45, 2.75) is 40.3 Å². The molecule has 0 bridgehead atoms. The van der Waals surface area contributed by atoms with Crippen LogP contribution in [0.3, 0.4) is 0 Å². The molecule has 0 spiro atoms. The maximum Gasteiger partial charge on any atom is 0.147 e. The van der Waals surface area contributed by atoms with E-state index in [1.165, 1.54) is 5.56 Å². The van der Waals surface area contributed by atoms with Gasteiger partial charge in [0.15, 0.2) is 0 Å². The lowest BCUT2D eigenvalue weighted by Gasteiger charge is -2.08. The van der Waals surface area contributed by atoms with E-state index in [0.29, 0.717) is 6.54 Å². The minimum Gasteiger partial charge on any atom is -0.464 e. The average molecular weight is 310 g/mol. The van der Waals surface area contributed by atoms with E-state index >= 15 is 0 Å². The highest BCUT2D eigenvalue weighted by Gasteiger charge is 2.05. The summed E-state index contributed by atoms with van der Waals surface area (Å²) < 4.78 is 7.64. The first-order valence-electron chi connectivity index (χ1n) is 7.92. The number of aromatic nitrogens is 3. The van der Waals surface area contributed by atoms with Crippen LogP contribution >= 0.6 is 0 Å². The summed E-state index contributed by atoms with van der Waals surface area (Å²) in [7, 11) is 0. The lowest BCUT2D eigenvalue weighted by molar-refractivity contribution is 0.476. The summed E-state index contributed by atoms with van der Waals surface area (Å²) in [5.41, 5.74) is 2.27. The summed E-state index contributed by atoms with van der Waals surface area (Å²) in [6.07, 6.45) is 0.923. The van der Waals surface area contributed by atoms with Gasteiger partial charge in [-0.3, -0.25) is 0 Å². The summed E-state index contributed by atoms with van der Waals surface area (Å²) in [6, 6.07) is 12.4. The SMILES string of the molecule is CCc1ccc(CNc2cccc(Cn3nc(C)nc3C)c2)o1. The fraction of sp³-hybridized carbons (Fsp3) is 0.333. The normalized spacial score (nSPS) is 10.9. The van der Waals surface area contributed by atoms with Gasteiger partial charge >= 0.3 is 0 Å². The van der Waals surface area contributed by atoms with Crippen molar-refractivity contribution in [3.05, 3.63) is 65.1 Å². The summed E-state index contributed by atoms with van der Waals surface area (Å²) in [5, 5.41) is 7.82. The molecule has 0 saturated heterocycles. The molecule has 120 valence electrons. The van der Waals surface area contributed by atoms with E-state index < -0.39 is 0 Å². The van der Waals surface area contributed by atoms with Gasteiger partial charge in [0.1, 0.15) is 23.2 Å². The van der Waals surface area contributed by atoms with Gasteiger partial charge in [-0.05, 0) is 43.7 Å². The summed E-state index contributed by atoms with van der Waals surface area (Å²) in [6.45, 7) is 7.39. The number of aryl methyl sites for hydroxylation is 3. The molecular formula is C18H22N4O. The van der Waals surface area contributed by atoms with Crippen LogP contribution in [0.1, 0.15) is 35.7 Å². The van der Waals surface area contributed by atoms with Gasteiger partial charge in [-0.1, -0.05) is 19.1 Å². The molecule has 3 aromatic rings. The van der Waals surface area contributed by atoms with Crippen molar-refractivity contribution in [3.8, 4) is 0 Å². The molecule has 23 heavy (non-hydrogen) atoms. The Bertz CT molecular complexity index is 788. The van der Waals surface area contributed by atoms with Crippen molar-refractivity contribution in [2.24, 2.45) is 0 Å². The quantitative estimate of drug-likeness (QED) is 0.754. The highest BCUT2D eigenvalue weighted by molar-refractivity contribution is 5.46. The molecule has 1 aromatic carbocycles. The van der Waals surface area contributed by atoms with E-state index in [0.717, 1.165) is 41.8 Å². The van der Waals surface area contributed by atoms with Crippen LogP contribution in [-0.4, -0.2) is 14.8 Å².